The molecule has 3 heteroatoms. The number of hydrogen-bond acceptors (Lipinski definition) is 2. The summed E-state index contributed by atoms with van der Waals surface area (Å²) in [6.07, 6.45) is 0. The lowest BCUT2D eigenvalue weighted by atomic mass is 9.99. The lowest BCUT2D eigenvalue weighted by Crippen LogP contribution is -2.10. The lowest BCUT2D eigenvalue weighted by Gasteiger charge is -2.16. The van der Waals surface area contributed by atoms with Gasteiger partial charge in [-0.05, 0) is 37.1 Å². The summed E-state index contributed by atoms with van der Waals surface area (Å²) in [5.41, 5.74) is 7.99. The summed E-state index contributed by atoms with van der Waals surface area (Å²) in [6, 6.07) is 4.12. The molecule has 14 heavy (non-hydrogen) atoms. The van der Waals surface area contributed by atoms with Gasteiger partial charge in [0, 0.05) is 10.0 Å². The fraction of sp³-hybridized carbons (Fsp3) is 0.455. The molecule has 0 saturated heterocycles. The van der Waals surface area contributed by atoms with Crippen molar-refractivity contribution < 1.29 is 4.74 Å². The van der Waals surface area contributed by atoms with Crippen molar-refractivity contribution in [2.45, 2.75) is 19.8 Å². The fourth-order valence-electron chi connectivity index (χ4n) is 1.49. The Morgan fingerprint density at radius 3 is 2.64 bits per heavy atom. The molecule has 1 atom stereocenters. The van der Waals surface area contributed by atoms with E-state index >= 15 is 0 Å². The number of aryl methyl sites for hydroxylation is 1. The standard InChI is InChI=1S/C11H16BrNO/c1-7-4-9(12)11(8(2)6-13)10(5-7)14-3/h4-5,8H,6,13H2,1-3H3. The van der Waals surface area contributed by atoms with Crippen LogP contribution < -0.4 is 10.5 Å². The van der Waals surface area contributed by atoms with E-state index < -0.39 is 0 Å². The second-order valence-electron chi connectivity index (χ2n) is 3.50. The van der Waals surface area contributed by atoms with Crippen molar-refractivity contribution in [1.29, 1.82) is 0 Å². The summed E-state index contributed by atoms with van der Waals surface area (Å²) < 4.78 is 6.42. The van der Waals surface area contributed by atoms with Crippen molar-refractivity contribution in [2.75, 3.05) is 13.7 Å². The van der Waals surface area contributed by atoms with Crippen LogP contribution in [0.5, 0.6) is 5.75 Å². The number of rotatable bonds is 3. The molecule has 2 N–H and O–H groups in total. The summed E-state index contributed by atoms with van der Waals surface area (Å²) in [7, 11) is 1.69. The monoisotopic (exact) mass is 257 g/mol. The SMILES string of the molecule is COc1cc(C)cc(Br)c1C(C)CN. The van der Waals surface area contributed by atoms with Gasteiger partial charge in [0.2, 0.25) is 0 Å². The van der Waals surface area contributed by atoms with Crippen LogP contribution in [0.3, 0.4) is 0 Å². The van der Waals surface area contributed by atoms with E-state index in [0.29, 0.717) is 12.5 Å². The molecule has 0 fully saturated rings. The first-order chi connectivity index (χ1) is 6.60. The van der Waals surface area contributed by atoms with Crippen LogP contribution in [0.25, 0.3) is 0 Å². The quantitative estimate of drug-likeness (QED) is 0.904. The molecule has 78 valence electrons. The molecule has 0 spiro atoms. The molecule has 0 heterocycles. The maximum Gasteiger partial charge on any atom is 0.123 e. The van der Waals surface area contributed by atoms with E-state index in [1.54, 1.807) is 7.11 Å². The van der Waals surface area contributed by atoms with Gasteiger partial charge in [-0.3, -0.25) is 0 Å². The maximum absolute atomic E-state index is 5.66. The topological polar surface area (TPSA) is 35.2 Å². The Morgan fingerprint density at radius 1 is 1.50 bits per heavy atom. The Bertz CT molecular complexity index is 325. The summed E-state index contributed by atoms with van der Waals surface area (Å²) in [6.45, 7) is 4.76. The highest BCUT2D eigenvalue weighted by Gasteiger charge is 2.14. The molecule has 0 saturated carbocycles. The Morgan fingerprint density at radius 2 is 2.14 bits per heavy atom. The zero-order chi connectivity index (χ0) is 10.7. The zero-order valence-corrected chi connectivity index (χ0v) is 10.4. The third kappa shape index (κ3) is 2.28. The smallest absolute Gasteiger partial charge is 0.123 e. The molecule has 0 aromatic heterocycles. The molecule has 1 unspecified atom stereocenters. The number of nitrogens with two attached hydrogens (primary N) is 1. The van der Waals surface area contributed by atoms with Crippen molar-refractivity contribution in [3.8, 4) is 5.75 Å². The van der Waals surface area contributed by atoms with E-state index in [2.05, 4.69) is 28.9 Å². The van der Waals surface area contributed by atoms with Gasteiger partial charge in [0.05, 0.1) is 7.11 Å². The molecule has 0 aliphatic rings. The summed E-state index contributed by atoms with van der Waals surface area (Å²) in [4.78, 5) is 0. The molecule has 0 amide bonds. The van der Waals surface area contributed by atoms with Gasteiger partial charge in [-0.15, -0.1) is 0 Å². The van der Waals surface area contributed by atoms with Crippen molar-refractivity contribution in [3.05, 3.63) is 27.7 Å². The highest BCUT2D eigenvalue weighted by Crippen LogP contribution is 2.34. The van der Waals surface area contributed by atoms with Crippen LogP contribution in [0.2, 0.25) is 0 Å². The van der Waals surface area contributed by atoms with E-state index in [0.717, 1.165) is 15.8 Å². The third-order valence-electron chi connectivity index (χ3n) is 2.30. The third-order valence-corrected chi connectivity index (χ3v) is 2.96. The first-order valence-electron chi connectivity index (χ1n) is 4.64. The second kappa shape index (κ2) is 4.80. The van der Waals surface area contributed by atoms with E-state index in [1.165, 1.54) is 5.56 Å². The first kappa shape index (κ1) is 11.5. The van der Waals surface area contributed by atoms with Crippen LogP contribution in [0, 0.1) is 6.92 Å². The molecule has 0 bridgehead atoms. The van der Waals surface area contributed by atoms with Gasteiger partial charge < -0.3 is 10.5 Å². The Labute approximate surface area is 93.6 Å². The zero-order valence-electron chi connectivity index (χ0n) is 8.80. The average Bonchev–Trinajstić information content (AvgIpc) is 2.15. The summed E-state index contributed by atoms with van der Waals surface area (Å²) >= 11 is 3.54. The molecule has 0 radical (unpaired) electrons. The van der Waals surface area contributed by atoms with E-state index in [4.69, 9.17) is 10.5 Å². The molecule has 1 rings (SSSR count). The summed E-state index contributed by atoms with van der Waals surface area (Å²) in [5.74, 6) is 1.22. The minimum Gasteiger partial charge on any atom is -0.496 e. The van der Waals surface area contributed by atoms with E-state index in [9.17, 15) is 0 Å². The number of methoxy groups -OCH3 is 1. The Balaban J connectivity index is 3.24. The highest BCUT2D eigenvalue weighted by atomic mass is 79.9. The van der Waals surface area contributed by atoms with E-state index in [-0.39, 0.29) is 0 Å². The van der Waals surface area contributed by atoms with Crippen LogP contribution in [-0.4, -0.2) is 13.7 Å². The predicted molar refractivity (Wildman–Crippen MR) is 62.9 cm³/mol. The van der Waals surface area contributed by atoms with Crippen LogP contribution >= 0.6 is 15.9 Å². The molecule has 0 aliphatic carbocycles. The highest BCUT2D eigenvalue weighted by molar-refractivity contribution is 9.10. The lowest BCUT2D eigenvalue weighted by molar-refractivity contribution is 0.406. The van der Waals surface area contributed by atoms with Gasteiger partial charge in [0.1, 0.15) is 5.75 Å². The van der Waals surface area contributed by atoms with Crippen molar-refractivity contribution in [3.63, 3.8) is 0 Å². The van der Waals surface area contributed by atoms with Gasteiger partial charge in [-0.25, -0.2) is 0 Å². The van der Waals surface area contributed by atoms with Crippen molar-refractivity contribution in [1.82, 2.24) is 0 Å². The van der Waals surface area contributed by atoms with Crippen LogP contribution in [-0.2, 0) is 0 Å². The molecule has 2 nitrogen and oxygen atoms in total. The number of benzene rings is 1. The van der Waals surface area contributed by atoms with Crippen molar-refractivity contribution in [2.24, 2.45) is 5.73 Å². The molecule has 1 aromatic rings. The second-order valence-corrected chi connectivity index (χ2v) is 4.35. The fourth-order valence-corrected chi connectivity index (χ4v) is 2.43. The van der Waals surface area contributed by atoms with Gasteiger partial charge in [0.15, 0.2) is 0 Å². The number of ether oxygens (including phenoxy) is 1. The average molecular weight is 258 g/mol. The van der Waals surface area contributed by atoms with Gasteiger partial charge in [-0.2, -0.15) is 0 Å². The Kier molecular flexibility index (Phi) is 3.96. The number of hydrogen-bond donors (Lipinski definition) is 1. The predicted octanol–water partition coefficient (Wildman–Crippen LogP) is 2.83. The van der Waals surface area contributed by atoms with Gasteiger partial charge in [-0.1, -0.05) is 22.9 Å². The molecular weight excluding hydrogens is 242 g/mol. The largest absolute Gasteiger partial charge is 0.496 e. The Hall–Kier alpha value is -0.540. The van der Waals surface area contributed by atoms with Crippen LogP contribution in [0.15, 0.2) is 16.6 Å². The van der Waals surface area contributed by atoms with Gasteiger partial charge >= 0.3 is 0 Å². The number of halogens is 1. The normalized spacial score (nSPS) is 12.6. The molecular formula is C11H16BrNO. The van der Waals surface area contributed by atoms with Crippen molar-refractivity contribution >= 4 is 15.9 Å². The molecule has 1 aromatic carbocycles. The van der Waals surface area contributed by atoms with Crippen LogP contribution in [0.4, 0.5) is 0 Å². The first-order valence-corrected chi connectivity index (χ1v) is 5.43. The minimum atomic E-state index is 0.305. The minimum absolute atomic E-state index is 0.305. The molecule has 0 aliphatic heterocycles. The van der Waals surface area contributed by atoms with Gasteiger partial charge in [0.25, 0.3) is 0 Å². The van der Waals surface area contributed by atoms with E-state index in [1.807, 2.05) is 13.0 Å². The maximum atomic E-state index is 5.66. The summed E-state index contributed by atoms with van der Waals surface area (Å²) in [5, 5.41) is 0. The van der Waals surface area contributed by atoms with Crippen LogP contribution in [0.1, 0.15) is 24.0 Å².